The maximum absolute atomic E-state index is 8.70. The molecule has 0 spiro atoms. The van der Waals surface area contributed by atoms with Crippen LogP contribution in [0.2, 0.25) is 0 Å². The van der Waals surface area contributed by atoms with E-state index in [1.54, 1.807) is 6.92 Å². The Labute approximate surface area is 89.6 Å². The molecule has 0 fully saturated rings. The fraction of sp³-hybridized carbons (Fsp3) is 0.100. The molecule has 0 unspecified atom stereocenters. The first-order valence-electron chi connectivity index (χ1n) is 4.18. The number of hydrogen-bond acceptors (Lipinski definition) is 2. The predicted octanol–water partition coefficient (Wildman–Crippen LogP) is 3.13. The van der Waals surface area contributed by atoms with Gasteiger partial charge in [0.05, 0.1) is 5.71 Å². The van der Waals surface area contributed by atoms with Gasteiger partial charge in [-0.15, -0.1) is 0 Å². The van der Waals surface area contributed by atoms with Gasteiger partial charge in [0.25, 0.3) is 0 Å². The lowest BCUT2D eigenvalue weighted by molar-refractivity contribution is 0.319. The summed E-state index contributed by atoms with van der Waals surface area (Å²) in [5.41, 5.74) is 2.56. The van der Waals surface area contributed by atoms with Crippen molar-refractivity contribution in [3.05, 3.63) is 34.4 Å². The van der Waals surface area contributed by atoms with Crippen LogP contribution in [0.25, 0.3) is 10.9 Å². The number of aromatic nitrogens is 1. The number of aromatic amines is 1. The first kappa shape index (κ1) is 9.27. The maximum atomic E-state index is 8.70. The Bertz CT molecular complexity index is 502. The van der Waals surface area contributed by atoms with Gasteiger partial charge in [-0.25, -0.2) is 0 Å². The lowest BCUT2D eigenvalue weighted by Gasteiger charge is -1.96. The monoisotopic (exact) mass is 252 g/mol. The van der Waals surface area contributed by atoms with E-state index < -0.39 is 0 Å². The van der Waals surface area contributed by atoms with Crippen molar-refractivity contribution in [2.24, 2.45) is 5.16 Å². The lowest BCUT2D eigenvalue weighted by atomic mass is 10.1. The Balaban J connectivity index is 2.73. The number of rotatable bonds is 1. The summed E-state index contributed by atoms with van der Waals surface area (Å²) in [7, 11) is 0. The van der Waals surface area contributed by atoms with Crippen molar-refractivity contribution in [1.29, 1.82) is 0 Å². The Morgan fingerprint density at radius 2 is 2.29 bits per heavy atom. The van der Waals surface area contributed by atoms with Crippen molar-refractivity contribution in [2.75, 3.05) is 0 Å². The Hall–Kier alpha value is -1.29. The number of nitrogens with zero attached hydrogens (tertiary/aromatic N) is 1. The molecule has 1 aromatic carbocycles. The first-order valence-corrected chi connectivity index (χ1v) is 4.97. The largest absolute Gasteiger partial charge is 0.411 e. The molecule has 2 N–H and O–H groups in total. The Kier molecular flexibility index (Phi) is 2.29. The minimum atomic E-state index is 0.606. The highest BCUT2D eigenvalue weighted by atomic mass is 79.9. The van der Waals surface area contributed by atoms with E-state index >= 15 is 0 Å². The molecule has 0 aliphatic heterocycles. The van der Waals surface area contributed by atoms with Crippen molar-refractivity contribution in [3.63, 3.8) is 0 Å². The molecule has 0 aliphatic rings. The zero-order chi connectivity index (χ0) is 10.1. The van der Waals surface area contributed by atoms with Gasteiger partial charge in [-0.1, -0.05) is 21.1 Å². The van der Waals surface area contributed by atoms with Crippen LogP contribution in [-0.4, -0.2) is 15.9 Å². The van der Waals surface area contributed by atoms with Gasteiger partial charge < -0.3 is 10.2 Å². The summed E-state index contributed by atoms with van der Waals surface area (Å²) in [6.45, 7) is 1.77. The molecule has 3 nitrogen and oxygen atoms in total. The quantitative estimate of drug-likeness (QED) is 0.458. The van der Waals surface area contributed by atoms with Gasteiger partial charge >= 0.3 is 0 Å². The minimum Gasteiger partial charge on any atom is -0.411 e. The maximum Gasteiger partial charge on any atom is 0.0858 e. The van der Waals surface area contributed by atoms with Crippen molar-refractivity contribution in [1.82, 2.24) is 4.98 Å². The number of hydrogen-bond donors (Lipinski definition) is 2. The summed E-state index contributed by atoms with van der Waals surface area (Å²) in [6.07, 6.45) is 1.84. The second kappa shape index (κ2) is 3.46. The molecule has 0 saturated carbocycles. The topological polar surface area (TPSA) is 48.4 Å². The van der Waals surface area contributed by atoms with Crippen LogP contribution in [0.15, 0.2) is 34.0 Å². The van der Waals surface area contributed by atoms with Gasteiger partial charge in [0, 0.05) is 27.1 Å². The molecule has 1 aromatic heterocycles. The summed E-state index contributed by atoms with van der Waals surface area (Å²) in [5, 5.41) is 12.9. The third-order valence-corrected chi connectivity index (χ3v) is 2.68. The molecule has 0 atom stereocenters. The molecule has 4 heteroatoms. The van der Waals surface area contributed by atoms with Crippen LogP contribution in [0.5, 0.6) is 0 Å². The van der Waals surface area contributed by atoms with E-state index in [1.807, 2.05) is 24.4 Å². The average molecular weight is 253 g/mol. The number of benzene rings is 1. The molecule has 2 rings (SSSR count). The summed E-state index contributed by atoms with van der Waals surface area (Å²) in [5.74, 6) is 0. The van der Waals surface area contributed by atoms with Crippen LogP contribution in [0.3, 0.4) is 0 Å². The normalized spacial score (nSPS) is 12.3. The summed E-state index contributed by atoms with van der Waals surface area (Å²) >= 11 is 3.41. The van der Waals surface area contributed by atoms with E-state index in [0.717, 1.165) is 20.9 Å². The zero-order valence-electron chi connectivity index (χ0n) is 7.58. The smallest absolute Gasteiger partial charge is 0.0858 e. The molecule has 14 heavy (non-hydrogen) atoms. The van der Waals surface area contributed by atoms with Crippen LogP contribution in [-0.2, 0) is 0 Å². The molecule has 0 bridgehead atoms. The van der Waals surface area contributed by atoms with E-state index in [9.17, 15) is 0 Å². The summed E-state index contributed by atoms with van der Waals surface area (Å²) < 4.78 is 1.01. The summed E-state index contributed by atoms with van der Waals surface area (Å²) in [6, 6.07) is 5.94. The molecule has 0 saturated heterocycles. The third kappa shape index (κ3) is 1.42. The van der Waals surface area contributed by atoms with E-state index in [4.69, 9.17) is 5.21 Å². The van der Waals surface area contributed by atoms with Gasteiger partial charge in [-0.05, 0) is 25.1 Å². The van der Waals surface area contributed by atoms with Crippen LogP contribution >= 0.6 is 15.9 Å². The molecule has 1 heterocycles. The van der Waals surface area contributed by atoms with Gasteiger partial charge in [-0.3, -0.25) is 0 Å². The van der Waals surface area contributed by atoms with E-state index in [0.29, 0.717) is 5.71 Å². The fourth-order valence-corrected chi connectivity index (χ4v) is 1.81. The molecular weight excluding hydrogens is 244 g/mol. The van der Waals surface area contributed by atoms with E-state index in [2.05, 4.69) is 26.1 Å². The number of fused-ring (bicyclic) bond motifs is 1. The Morgan fingerprint density at radius 3 is 3.00 bits per heavy atom. The molecular formula is C10H9BrN2O. The summed E-state index contributed by atoms with van der Waals surface area (Å²) in [4.78, 5) is 3.12. The van der Waals surface area contributed by atoms with Crippen LogP contribution < -0.4 is 0 Å². The highest BCUT2D eigenvalue weighted by Gasteiger charge is 2.06. The number of nitrogens with one attached hydrogen (secondary N) is 1. The standard InChI is InChI=1S/C10H9BrN2O/c1-6(13-14)9-5-12-10-3-2-7(11)4-8(9)10/h2-5,12,14H,1H3/b13-6+. The fourth-order valence-electron chi connectivity index (χ4n) is 1.45. The molecule has 0 aliphatic carbocycles. The van der Waals surface area contributed by atoms with Crippen LogP contribution in [0, 0.1) is 0 Å². The van der Waals surface area contributed by atoms with E-state index in [-0.39, 0.29) is 0 Å². The van der Waals surface area contributed by atoms with Crippen molar-refractivity contribution in [2.45, 2.75) is 6.92 Å². The zero-order valence-corrected chi connectivity index (χ0v) is 9.17. The van der Waals surface area contributed by atoms with Crippen molar-refractivity contribution < 1.29 is 5.21 Å². The predicted molar refractivity (Wildman–Crippen MR) is 60.0 cm³/mol. The lowest BCUT2D eigenvalue weighted by Crippen LogP contribution is -1.91. The Morgan fingerprint density at radius 1 is 1.50 bits per heavy atom. The molecule has 0 radical (unpaired) electrons. The highest BCUT2D eigenvalue weighted by Crippen LogP contribution is 2.23. The second-order valence-corrected chi connectivity index (χ2v) is 3.99. The van der Waals surface area contributed by atoms with Crippen LogP contribution in [0.1, 0.15) is 12.5 Å². The first-order chi connectivity index (χ1) is 6.72. The number of oxime groups is 1. The third-order valence-electron chi connectivity index (χ3n) is 2.18. The number of halogens is 1. The van der Waals surface area contributed by atoms with E-state index in [1.165, 1.54) is 0 Å². The van der Waals surface area contributed by atoms with Gasteiger partial charge in [-0.2, -0.15) is 0 Å². The van der Waals surface area contributed by atoms with Gasteiger partial charge in [0.15, 0.2) is 0 Å². The highest BCUT2D eigenvalue weighted by molar-refractivity contribution is 9.10. The van der Waals surface area contributed by atoms with Crippen molar-refractivity contribution >= 4 is 32.5 Å². The minimum absolute atomic E-state index is 0.606. The molecule has 72 valence electrons. The SMILES string of the molecule is C/C(=N\O)c1c[nH]c2ccc(Br)cc12. The average Bonchev–Trinajstić information content (AvgIpc) is 2.59. The van der Waals surface area contributed by atoms with Gasteiger partial charge in [0.2, 0.25) is 0 Å². The van der Waals surface area contributed by atoms with Gasteiger partial charge in [0.1, 0.15) is 0 Å². The second-order valence-electron chi connectivity index (χ2n) is 3.08. The molecule has 2 aromatic rings. The van der Waals surface area contributed by atoms with Crippen molar-refractivity contribution in [3.8, 4) is 0 Å². The van der Waals surface area contributed by atoms with Crippen LogP contribution in [0.4, 0.5) is 0 Å². The molecule has 0 amide bonds. The number of H-pyrrole nitrogens is 1.